The molecule has 0 spiro atoms. The molecule has 0 heterocycles. The molecule has 0 aromatic heterocycles. The van der Waals surface area contributed by atoms with Gasteiger partial charge in [-0.25, -0.2) is 0 Å². The first-order chi connectivity index (χ1) is 6.31. The number of hydrogen-bond acceptors (Lipinski definition) is 4. The fourth-order valence-corrected chi connectivity index (χ4v) is 2.43. The number of carbonyl (C=O) groups is 2. The lowest BCUT2D eigenvalue weighted by molar-refractivity contribution is -0.120. The van der Waals surface area contributed by atoms with Crippen LogP contribution in [-0.4, -0.2) is 30.2 Å². The fourth-order valence-electron chi connectivity index (χ4n) is 0.571. The minimum absolute atomic E-state index is 0.0958. The molecule has 0 aliphatic heterocycles. The van der Waals surface area contributed by atoms with Gasteiger partial charge >= 0.3 is 0 Å². The number of hydrogen-bond donors (Lipinski definition) is 1. The summed E-state index contributed by atoms with van der Waals surface area (Å²) in [6.07, 6.45) is 2.08. The molecule has 1 N–H and O–H groups in total. The topological polar surface area (TPSA) is 46.2 Å². The molecule has 0 unspecified atom stereocenters. The summed E-state index contributed by atoms with van der Waals surface area (Å²) >= 11 is 0. The Morgan fingerprint density at radius 2 is 2.08 bits per heavy atom. The predicted molar refractivity (Wildman–Crippen MR) is 58.9 cm³/mol. The second kappa shape index (κ2) is 9.92. The van der Waals surface area contributed by atoms with Crippen LogP contribution in [0.3, 0.4) is 0 Å². The highest BCUT2D eigenvalue weighted by Gasteiger charge is 1.95. The van der Waals surface area contributed by atoms with Crippen LogP contribution in [0.4, 0.5) is 0 Å². The Kier molecular flexibility index (Phi) is 9.80. The third-order valence-electron chi connectivity index (χ3n) is 1.23. The molecular formula is C8H15NO2S2. The molecule has 0 bridgehead atoms. The van der Waals surface area contributed by atoms with E-state index in [-0.39, 0.29) is 5.91 Å². The third kappa shape index (κ3) is 9.76. The van der Waals surface area contributed by atoms with Gasteiger partial charge in [0.2, 0.25) is 5.91 Å². The number of rotatable bonds is 8. The van der Waals surface area contributed by atoms with E-state index in [1.165, 1.54) is 0 Å². The highest BCUT2D eigenvalue weighted by Crippen LogP contribution is 2.20. The Labute approximate surface area is 86.8 Å². The Balaban J connectivity index is 2.99. The molecule has 0 aliphatic rings. The summed E-state index contributed by atoms with van der Waals surface area (Å²) in [5, 5.41) is 2.78. The molecule has 0 fully saturated rings. The summed E-state index contributed by atoms with van der Waals surface area (Å²) in [5.74, 6) is 1.85. The van der Waals surface area contributed by atoms with Crippen LogP contribution in [0.5, 0.6) is 0 Å². The summed E-state index contributed by atoms with van der Waals surface area (Å²) < 4.78 is 0. The molecule has 76 valence electrons. The maximum absolute atomic E-state index is 10.8. The average Bonchev–Trinajstić information content (AvgIpc) is 2.16. The SMILES string of the molecule is CCC(=O)NCCSSCCC=O. The van der Waals surface area contributed by atoms with Crippen molar-refractivity contribution in [3.8, 4) is 0 Å². The van der Waals surface area contributed by atoms with Crippen molar-refractivity contribution < 1.29 is 9.59 Å². The van der Waals surface area contributed by atoms with E-state index in [2.05, 4.69) is 5.32 Å². The van der Waals surface area contributed by atoms with Gasteiger partial charge in [-0.05, 0) is 0 Å². The van der Waals surface area contributed by atoms with Crippen LogP contribution in [0, 0.1) is 0 Å². The Hall–Kier alpha value is -0.160. The van der Waals surface area contributed by atoms with Gasteiger partial charge in [0, 0.05) is 30.9 Å². The molecule has 0 rings (SSSR count). The van der Waals surface area contributed by atoms with Gasteiger partial charge in [0.25, 0.3) is 0 Å². The largest absolute Gasteiger partial charge is 0.355 e. The van der Waals surface area contributed by atoms with Gasteiger partial charge in [-0.15, -0.1) is 0 Å². The zero-order valence-electron chi connectivity index (χ0n) is 7.75. The lowest BCUT2D eigenvalue weighted by atomic mass is 10.4. The minimum Gasteiger partial charge on any atom is -0.355 e. The monoisotopic (exact) mass is 221 g/mol. The molecule has 3 nitrogen and oxygen atoms in total. The van der Waals surface area contributed by atoms with Gasteiger partial charge in [0.1, 0.15) is 6.29 Å². The van der Waals surface area contributed by atoms with Gasteiger partial charge in [-0.2, -0.15) is 0 Å². The maximum atomic E-state index is 10.8. The zero-order valence-corrected chi connectivity index (χ0v) is 9.38. The highest BCUT2D eigenvalue weighted by molar-refractivity contribution is 8.76. The molecular weight excluding hydrogens is 206 g/mol. The molecule has 0 aromatic carbocycles. The first-order valence-corrected chi connectivity index (χ1v) is 6.74. The number of carbonyl (C=O) groups excluding carboxylic acids is 2. The summed E-state index contributed by atoms with van der Waals surface area (Å²) in [4.78, 5) is 20.7. The van der Waals surface area contributed by atoms with E-state index in [9.17, 15) is 9.59 Å². The Morgan fingerprint density at radius 1 is 1.38 bits per heavy atom. The van der Waals surface area contributed by atoms with E-state index in [1.807, 2.05) is 6.92 Å². The highest BCUT2D eigenvalue weighted by atomic mass is 33.1. The molecule has 0 atom stereocenters. The molecule has 1 amide bonds. The van der Waals surface area contributed by atoms with Crippen molar-refractivity contribution in [1.82, 2.24) is 5.32 Å². The summed E-state index contributed by atoms with van der Waals surface area (Å²) in [6.45, 7) is 2.55. The maximum Gasteiger partial charge on any atom is 0.219 e. The van der Waals surface area contributed by atoms with Crippen molar-refractivity contribution in [2.75, 3.05) is 18.1 Å². The van der Waals surface area contributed by atoms with Crippen molar-refractivity contribution in [3.05, 3.63) is 0 Å². The van der Waals surface area contributed by atoms with Crippen molar-refractivity contribution in [1.29, 1.82) is 0 Å². The molecule has 5 heteroatoms. The standard InChI is InChI=1S/C8H15NO2S2/c1-2-8(11)9-4-7-13-12-6-3-5-10/h5H,2-4,6-7H2,1H3,(H,9,11). The smallest absolute Gasteiger partial charge is 0.219 e. The first-order valence-electron chi connectivity index (χ1n) is 4.26. The van der Waals surface area contributed by atoms with Crippen LogP contribution in [0.2, 0.25) is 0 Å². The number of aldehydes is 1. The molecule has 0 aliphatic carbocycles. The van der Waals surface area contributed by atoms with Gasteiger partial charge in [-0.1, -0.05) is 28.5 Å². The molecule has 0 saturated heterocycles. The second-order valence-corrected chi connectivity index (χ2v) is 5.00. The van der Waals surface area contributed by atoms with E-state index >= 15 is 0 Å². The molecule has 0 saturated carbocycles. The average molecular weight is 221 g/mol. The molecule has 13 heavy (non-hydrogen) atoms. The predicted octanol–water partition coefficient (Wildman–Crippen LogP) is 1.48. The number of amides is 1. The summed E-state index contributed by atoms with van der Waals surface area (Å²) in [5.41, 5.74) is 0. The van der Waals surface area contributed by atoms with E-state index in [0.717, 1.165) is 17.8 Å². The Bertz CT molecular complexity index is 153. The normalized spacial score (nSPS) is 9.62. The van der Waals surface area contributed by atoms with Gasteiger partial charge in [0.15, 0.2) is 0 Å². The van der Waals surface area contributed by atoms with Crippen molar-refractivity contribution in [3.63, 3.8) is 0 Å². The summed E-state index contributed by atoms with van der Waals surface area (Å²) in [7, 11) is 3.36. The Morgan fingerprint density at radius 3 is 2.69 bits per heavy atom. The van der Waals surface area contributed by atoms with Crippen LogP contribution in [-0.2, 0) is 9.59 Å². The van der Waals surface area contributed by atoms with Crippen LogP contribution in [0.25, 0.3) is 0 Å². The third-order valence-corrected chi connectivity index (χ3v) is 3.67. The van der Waals surface area contributed by atoms with E-state index < -0.39 is 0 Å². The van der Waals surface area contributed by atoms with E-state index in [4.69, 9.17) is 0 Å². The fraction of sp³-hybridized carbons (Fsp3) is 0.750. The van der Waals surface area contributed by atoms with Crippen LogP contribution in [0.1, 0.15) is 19.8 Å². The molecule has 0 aromatic rings. The van der Waals surface area contributed by atoms with Crippen LogP contribution >= 0.6 is 21.6 Å². The van der Waals surface area contributed by atoms with E-state index in [0.29, 0.717) is 19.4 Å². The molecule has 0 radical (unpaired) electrons. The first kappa shape index (κ1) is 12.8. The lowest BCUT2D eigenvalue weighted by Crippen LogP contribution is -2.24. The van der Waals surface area contributed by atoms with Crippen LogP contribution < -0.4 is 5.32 Å². The summed E-state index contributed by atoms with van der Waals surface area (Å²) in [6, 6.07) is 0. The van der Waals surface area contributed by atoms with Crippen LogP contribution in [0.15, 0.2) is 0 Å². The minimum atomic E-state index is 0.0958. The van der Waals surface area contributed by atoms with E-state index in [1.54, 1.807) is 21.6 Å². The van der Waals surface area contributed by atoms with Gasteiger partial charge < -0.3 is 10.1 Å². The van der Waals surface area contributed by atoms with Crippen molar-refractivity contribution >= 4 is 33.8 Å². The van der Waals surface area contributed by atoms with Crippen molar-refractivity contribution in [2.24, 2.45) is 0 Å². The lowest BCUT2D eigenvalue weighted by Gasteiger charge is -2.01. The van der Waals surface area contributed by atoms with Crippen molar-refractivity contribution in [2.45, 2.75) is 19.8 Å². The zero-order chi connectivity index (χ0) is 9.94. The number of nitrogens with one attached hydrogen (secondary N) is 1. The quantitative estimate of drug-likeness (QED) is 0.383. The van der Waals surface area contributed by atoms with Gasteiger partial charge in [0.05, 0.1) is 0 Å². The van der Waals surface area contributed by atoms with Gasteiger partial charge in [-0.3, -0.25) is 4.79 Å². The second-order valence-electron chi connectivity index (χ2n) is 2.30.